The summed E-state index contributed by atoms with van der Waals surface area (Å²) >= 11 is 3.20. The van der Waals surface area contributed by atoms with E-state index in [2.05, 4.69) is 21.2 Å². The third-order valence-corrected chi connectivity index (χ3v) is 4.42. The topological polar surface area (TPSA) is 47.6 Å². The van der Waals surface area contributed by atoms with Crippen LogP contribution < -0.4 is 14.8 Å². The quantitative estimate of drug-likeness (QED) is 0.847. The SMILES string of the molecule is O=C(COc1ccc(F)cc1Br)NC[C@H]1COc2ccccc2C1. The van der Waals surface area contributed by atoms with Crippen LogP contribution in [0.15, 0.2) is 46.9 Å². The largest absolute Gasteiger partial charge is 0.493 e. The Kier molecular flexibility index (Phi) is 5.35. The zero-order chi connectivity index (χ0) is 16.9. The molecule has 0 radical (unpaired) electrons. The van der Waals surface area contributed by atoms with Crippen LogP contribution in [0.25, 0.3) is 0 Å². The molecule has 0 fully saturated rings. The van der Waals surface area contributed by atoms with Crippen LogP contribution in [-0.4, -0.2) is 25.7 Å². The molecule has 1 amide bonds. The molecular formula is C18H17BrFNO3. The van der Waals surface area contributed by atoms with E-state index in [4.69, 9.17) is 9.47 Å². The fourth-order valence-electron chi connectivity index (χ4n) is 2.57. The lowest BCUT2D eigenvalue weighted by molar-refractivity contribution is -0.123. The lowest BCUT2D eigenvalue weighted by Crippen LogP contribution is -2.37. The van der Waals surface area contributed by atoms with Gasteiger partial charge in [0.1, 0.15) is 17.3 Å². The maximum absolute atomic E-state index is 13.0. The van der Waals surface area contributed by atoms with Crippen molar-refractivity contribution in [2.45, 2.75) is 6.42 Å². The predicted octanol–water partition coefficient (Wildman–Crippen LogP) is 3.33. The van der Waals surface area contributed by atoms with Crippen molar-refractivity contribution < 1.29 is 18.7 Å². The van der Waals surface area contributed by atoms with Gasteiger partial charge >= 0.3 is 0 Å². The van der Waals surface area contributed by atoms with Crippen LogP contribution in [0.3, 0.4) is 0 Å². The molecule has 2 aromatic carbocycles. The van der Waals surface area contributed by atoms with Gasteiger partial charge in [0.05, 0.1) is 11.1 Å². The Morgan fingerprint density at radius 3 is 3.00 bits per heavy atom. The molecule has 24 heavy (non-hydrogen) atoms. The monoisotopic (exact) mass is 393 g/mol. The van der Waals surface area contributed by atoms with E-state index in [1.807, 2.05) is 24.3 Å². The van der Waals surface area contributed by atoms with Gasteiger partial charge in [0.15, 0.2) is 6.61 Å². The van der Waals surface area contributed by atoms with Gasteiger partial charge in [-0.1, -0.05) is 18.2 Å². The van der Waals surface area contributed by atoms with E-state index in [9.17, 15) is 9.18 Å². The highest BCUT2D eigenvalue weighted by molar-refractivity contribution is 9.10. The van der Waals surface area contributed by atoms with E-state index >= 15 is 0 Å². The number of nitrogens with one attached hydrogen (secondary N) is 1. The number of para-hydroxylation sites is 1. The highest BCUT2D eigenvalue weighted by Gasteiger charge is 2.20. The molecule has 0 unspecified atom stereocenters. The molecule has 1 heterocycles. The summed E-state index contributed by atoms with van der Waals surface area (Å²) in [7, 11) is 0. The third kappa shape index (κ3) is 4.26. The first kappa shape index (κ1) is 16.8. The van der Waals surface area contributed by atoms with Gasteiger partial charge in [0.25, 0.3) is 5.91 Å². The summed E-state index contributed by atoms with van der Waals surface area (Å²) in [5.74, 6) is 1.01. The summed E-state index contributed by atoms with van der Waals surface area (Å²) in [5, 5.41) is 2.85. The molecule has 1 aliphatic heterocycles. The molecule has 0 spiro atoms. The highest BCUT2D eigenvalue weighted by Crippen LogP contribution is 2.27. The molecule has 6 heteroatoms. The number of carbonyl (C=O) groups is 1. The molecule has 1 aliphatic rings. The van der Waals surface area contributed by atoms with Crippen LogP contribution >= 0.6 is 15.9 Å². The minimum Gasteiger partial charge on any atom is -0.493 e. The number of ether oxygens (including phenoxy) is 2. The molecule has 1 atom stereocenters. The van der Waals surface area contributed by atoms with Crippen LogP contribution in [0, 0.1) is 11.7 Å². The van der Waals surface area contributed by atoms with Gasteiger partial charge in [-0.25, -0.2) is 4.39 Å². The zero-order valence-electron chi connectivity index (χ0n) is 12.9. The molecule has 0 saturated carbocycles. The lowest BCUT2D eigenvalue weighted by Gasteiger charge is -2.25. The summed E-state index contributed by atoms with van der Waals surface area (Å²) in [6.45, 7) is 0.997. The Hall–Kier alpha value is -2.08. The second-order valence-electron chi connectivity index (χ2n) is 5.66. The Morgan fingerprint density at radius 1 is 1.33 bits per heavy atom. The van der Waals surface area contributed by atoms with Crippen LogP contribution in [0.4, 0.5) is 4.39 Å². The van der Waals surface area contributed by atoms with Crippen molar-refractivity contribution >= 4 is 21.8 Å². The van der Waals surface area contributed by atoms with E-state index < -0.39 is 0 Å². The second kappa shape index (κ2) is 7.66. The van der Waals surface area contributed by atoms with Gasteiger partial charge in [-0.3, -0.25) is 4.79 Å². The van der Waals surface area contributed by atoms with Crippen molar-refractivity contribution in [1.82, 2.24) is 5.32 Å². The molecular weight excluding hydrogens is 377 g/mol. The molecule has 0 aromatic heterocycles. The van der Waals surface area contributed by atoms with Gasteiger partial charge in [0, 0.05) is 12.5 Å². The fourth-order valence-corrected chi connectivity index (χ4v) is 3.03. The van der Waals surface area contributed by atoms with Crippen LogP contribution in [0.2, 0.25) is 0 Å². The third-order valence-electron chi connectivity index (χ3n) is 3.80. The normalized spacial score (nSPS) is 16.0. The Morgan fingerprint density at radius 2 is 2.17 bits per heavy atom. The van der Waals surface area contributed by atoms with Gasteiger partial charge in [-0.2, -0.15) is 0 Å². The predicted molar refractivity (Wildman–Crippen MR) is 91.7 cm³/mol. The average molecular weight is 394 g/mol. The van der Waals surface area contributed by atoms with Crippen molar-refractivity contribution in [1.29, 1.82) is 0 Å². The number of amides is 1. The standard InChI is InChI=1S/C18H17BrFNO3/c19-15-8-14(20)5-6-17(15)24-11-18(22)21-9-12-7-13-3-1-2-4-16(13)23-10-12/h1-6,8,12H,7,9-11H2,(H,21,22)/t12-/m0/s1. The van der Waals surface area contributed by atoms with Crippen molar-refractivity contribution in [3.63, 3.8) is 0 Å². The van der Waals surface area contributed by atoms with Gasteiger partial charge < -0.3 is 14.8 Å². The molecule has 0 aliphatic carbocycles. The first-order valence-electron chi connectivity index (χ1n) is 7.67. The molecule has 0 saturated heterocycles. The van der Waals surface area contributed by atoms with Crippen molar-refractivity contribution in [2.24, 2.45) is 5.92 Å². The van der Waals surface area contributed by atoms with E-state index in [0.29, 0.717) is 23.4 Å². The maximum Gasteiger partial charge on any atom is 0.257 e. The Labute approximate surface area is 148 Å². The first-order chi connectivity index (χ1) is 11.6. The number of fused-ring (bicyclic) bond motifs is 1. The molecule has 3 rings (SSSR count). The average Bonchev–Trinajstić information content (AvgIpc) is 2.59. The maximum atomic E-state index is 13.0. The summed E-state index contributed by atoms with van der Waals surface area (Å²) in [4.78, 5) is 11.9. The molecule has 4 nitrogen and oxygen atoms in total. The van der Waals surface area contributed by atoms with Crippen LogP contribution in [0.5, 0.6) is 11.5 Å². The fraction of sp³-hybridized carbons (Fsp3) is 0.278. The minimum absolute atomic E-state index is 0.117. The van der Waals surface area contributed by atoms with Crippen molar-refractivity contribution in [3.8, 4) is 11.5 Å². The number of benzene rings is 2. The van der Waals surface area contributed by atoms with E-state index in [1.54, 1.807) is 0 Å². The van der Waals surface area contributed by atoms with Crippen LogP contribution in [0.1, 0.15) is 5.56 Å². The summed E-state index contributed by atoms with van der Waals surface area (Å²) in [6.07, 6.45) is 0.876. The number of rotatable bonds is 5. The van der Waals surface area contributed by atoms with Crippen LogP contribution in [-0.2, 0) is 11.2 Å². The van der Waals surface area contributed by atoms with Gasteiger partial charge in [-0.05, 0) is 52.2 Å². The molecule has 126 valence electrons. The summed E-state index contributed by atoms with van der Waals surface area (Å²) in [6, 6.07) is 12.0. The molecule has 2 aromatic rings. The summed E-state index contributed by atoms with van der Waals surface area (Å²) < 4.78 is 24.6. The number of hydrogen-bond donors (Lipinski definition) is 1. The zero-order valence-corrected chi connectivity index (χ0v) is 14.5. The number of hydrogen-bond acceptors (Lipinski definition) is 3. The Bertz CT molecular complexity index is 738. The van der Waals surface area contributed by atoms with Crippen molar-refractivity contribution in [3.05, 3.63) is 58.3 Å². The minimum atomic E-state index is -0.365. The molecule has 1 N–H and O–H groups in total. The second-order valence-corrected chi connectivity index (χ2v) is 6.51. The van der Waals surface area contributed by atoms with Gasteiger partial charge in [-0.15, -0.1) is 0 Å². The molecule has 0 bridgehead atoms. The number of halogens is 2. The van der Waals surface area contributed by atoms with Crippen molar-refractivity contribution in [2.75, 3.05) is 19.8 Å². The van der Waals surface area contributed by atoms with E-state index in [0.717, 1.165) is 17.7 Å². The summed E-state index contributed by atoms with van der Waals surface area (Å²) in [5.41, 5.74) is 1.16. The van der Waals surface area contributed by atoms with Gasteiger partial charge in [0.2, 0.25) is 0 Å². The smallest absolute Gasteiger partial charge is 0.257 e. The highest BCUT2D eigenvalue weighted by atomic mass is 79.9. The lowest BCUT2D eigenvalue weighted by atomic mass is 9.97. The van der Waals surface area contributed by atoms with E-state index in [1.165, 1.54) is 18.2 Å². The van der Waals surface area contributed by atoms with E-state index in [-0.39, 0.29) is 24.2 Å². The number of carbonyl (C=O) groups excluding carboxylic acids is 1. The Balaban J connectivity index is 1.45. The first-order valence-corrected chi connectivity index (χ1v) is 8.46.